The highest BCUT2D eigenvalue weighted by atomic mass is 16.7. The van der Waals surface area contributed by atoms with Gasteiger partial charge in [0.05, 0.1) is 30.5 Å². The zero-order valence-electron chi connectivity index (χ0n) is 28.8. The molecule has 9 heteroatoms. The van der Waals surface area contributed by atoms with Gasteiger partial charge in [0.15, 0.2) is 6.29 Å². The predicted octanol–water partition coefficient (Wildman–Crippen LogP) is 3.30. The molecule has 260 valence electrons. The lowest BCUT2D eigenvalue weighted by Crippen LogP contribution is -2.71. The first kappa shape index (κ1) is 35.7. The van der Waals surface area contributed by atoms with Gasteiger partial charge in [-0.05, 0) is 117 Å². The predicted molar refractivity (Wildman–Crippen MR) is 170 cm³/mol. The van der Waals surface area contributed by atoms with Gasteiger partial charge in [0.2, 0.25) is 0 Å². The lowest BCUT2D eigenvalue weighted by molar-refractivity contribution is -0.346. The summed E-state index contributed by atoms with van der Waals surface area (Å²) in [5.41, 5.74) is -1.21. The fourth-order valence-electron chi connectivity index (χ4n) is 11.9. The van der Waals surface area contributed by atoms with Gasteiger partial charge < -0.3 is 45.2 Å². The normalized spacial score (nSPS) is 52.2. The van der Waals surface area contributed by atoms with Gasteiger partial charge in [-0.25, -0.2) is 0 Å². The molecule has 7 N–H and O–H groups in total. The van der Waals surface area contributed by atoms with Gasteiger partial charge in [0, 0.05) is 0 Å². The second kappa shape index (κ2) is 12.1. The first-order valence-electron chi connectivity index (χ1n) is 17.4. The molecule has 0 aromatic heterocycles. The molecule has 0 aromatic carbocycles. The molecular weight excluding hydrogens is 576 g/mol. The molecule has 5 fully saturated rings. The third kappa shape index (κ3) is 5.48. The monoisotopic (exact) mass is 638 g/mol. The van der Waals surface area contributed by atoms with Crippen molar-refractivity contribution in [3.63, 3.8) is 0 Å². The summed E-state index contributed by atoms with van der Waals surface area (Å²) in [4.78, 5) is 0. The van der Waals surface area contributed by atoms with E-state index >= 15 is 0 Å². The van der Waals surface area contributed by atoms with E-state index in [0.29, 0.717) is 25.7 Å². The molecule has 0 radical (unpaired) electrons. The summed E-state index contributed by atoms with van der Waals surface area (Å²) in [6.45, 7) is 16.6. The third-order valence-corrected chi connectivity index (χ3v) is 14.4. The van der Waals surface area contributed by atoms with Crippen LogP contribution in [0.1, 0.15) is 107 Å². The molecule has 1 aliphatic heterocycles. The van der Waals surface area contributed by atoms with E-state index in [2.05, 4.69) is 54.5 Å². The molecule has 45 heavy (non-hydrogen) atoms. The molecule has 9 unspecified atom stereocenters. The SMILES string of the molecule is CC(C)=CCC[C@@](C)(O)C1CC[C@]2(C)C1[C@H](O)CC1[C@@]3(C)CC[C@H](O)C(C)(C)C3[C@@H](OC3OC(CO)C(O)C(O)C3O)C[C@]12C. The maximum Gasteiger partial charge on any atom is 0.186 e. The van der Waals surface area contributed by atoms with E-state index in [1.54, 1.807) is 0 Å². The molecule has 0 aromatic rings. The summed E-state index contributed by atoms with van der Waals surface area (Å²) >= 11 is 0. The van der Waals surface area contributed by atoms with E-state index in [1.165, 1.54) is 5.57 Å². The molecule has 4 aliphatic carbocycles. The summed E-state index contributed by atoms with van der Waals surface area (Å²) in [6, 6.07) is 0. The minimum atomic E-state index is -1.54. The Balaban J connectivity index is 1.54. The second-order valence-electron chi connectivity index (χ2n) is 17.5. The Morgan fingerprint density at radius 2 is 1.60 bits per heavy atom. The second-order valence-corrected chi connectivity index (χ2v) is 17.5. The van der Waals surface area contributed by atoms with Crippen LogP contribution < -0.4 is 0 Å². The van der Waals surface area contributed by atoms with Crippen molar-refractivity contribution in [2.24, 2.45) is 45.3 Å². The zero-order valence-corrected chi connectivity index (χ0v) is 28.8. The summed E-state index contributed by atoms with van der Waals surface area (Å²) < 4.78 is 12.6. The van der Waals surface area contributed by atoms with Gasteiger partial charge >= 0.3 is 0 Å². The molecule has 5 rings (SSSR count). The number of hydrogen-bond acceptors (Lipinski definition) is 9. The Bertz CT molecular complexity index is 1100. The molecule has 0 bridgehead atoms. The smallest absolute Gasteiger partial charge is 0.186 e. The van der Waals surface area contributed by atoms with E-state index < -0.39 is 66.6 Å². The van der Waals surface area contributed by atoms with Gasteiger partial charge in [-0.15, -0.1) is 0 Å². The fourth-order valence-corrected chi connectivity index (χ4v) is 11.9. The van der Waals surface area contributed by atoms with E-state index in [-0.39, 0.29) is 39.9 Å². The Kier molecular flexibility index (Phi) is 9.56. The Morgan fingerprint density at radius 3 is 2.22 bits per heavy atom. The summed E-state index contributed by atoms with van der Waals surface area (Å²) in [5, 5.41) is 77.2. The van der Waals surface area contributed by atoms with Crippen LogP contribution >= 0.6 is 0 Å². The molecular formula is C36H62O9. The van der Waals surface area contributed by atoms with Crippen molar-refractivity contribution in [1.29, 1.82) is 0 Å². The Morgan fingerprint density at radius 1 is 0.933 bits per heavy atom. The van der Waals surface area contributed by atoms with Gasteiger partial charge in [0.25, 0.3) is 0 Å². The first-order valence-corrected chi connectivity index (χ1v) is 17.4. The highest BCUT2D eigenvalue weighted by molar-refractivity contribution is 5.22. The number of hydrogen-bond donors (Lipinski definition) is 7. The first-order chi connectivity index (χ1) is 20.8. The summed E-state index contributed by atoms with van der Waals surface area (Å²) in [7, 11) is 0. The van der Waals surface area contributed by atoms with Crippen LogP contribution in [0.4, 0.5) is 0 Å². The molecule has 4 saturated carbocycles. The maximum atomic E-state index is 12.1. The molecule has 0 spiro atoms. The average Bonchev–Trinajstić information content (AvgIpc) is 3.33. The molecule has 5 aliphatic rings. The minimum absolute atomic E-state index is 0.0548. The molecule has 9 nitrogen and oxygen atoms in total. The lowest BCUT2D eigenvalue weighted by atomic mass is 9.34. The summed E-state index contributed by atoms with van der Waals surface area (Å²) in [5.74, 6) is -0.186. The summed E-state index contributed by atoms with van der Waals surface area (Å²) in [6.07, 6.45) is -0.603. The van der Waals surface area contributed by atoms with Crippen molar-refractivity contribution < 1.29 is 45.2 Å². The van der Waals surface area contributed by atoms with Crippen LogP contribution in [0.15, 0.2) is 11.6 Å². The topological polar surface area (TPSA) is 160 Å². The van der Waals surface area contributed by atoms with Crippen LogP contribution in [0.2, 0.25) is 0 Å². The van der Waals surface area contributed by atoms with E-state index in [0.717, 1.165) is 25.7 Å². The van der Waals surface area contributed by atoms with Crippen molar-refractivity contribution in [3.05, 3.63) is 11.6 Å². The van der Waals surface area contributed by atoms with Gasteiger partial charge in [-0.3, -0.25) is 0 Å². The number of ether oxygens (including phenoxy) is 2. The van der Waals surface area contributed by atoms with Crippen LogP contribution in [0, 0.1) is 45.3 Å². The molecule has 16 atom stereocenters. The van der Waals surface area contributed by atoms with E-state index in [1.807, 2.05) is 6.92 Å². The van der Waals surface area contributed by atoms with Crippen LogP contribution in [0.5, 0.6) is 0 Å². The fraction of sp³-hybridized carbons (Fsp3) is 0.944. The lowest BCUT2D eigenvalue weighted by Gasteiger charge is -2.72. The number of aliphatic hydroxyl groups is 7. The van der Waals surface area contributed by atoms with Crippen LogP contribution in [-0.2, 0) is 9.47 Å². The van der Waals surface area contributed by atoms with Crippen molar-refractivity contribution in [3.8, 4) is 0 Å². The number of allylic oxidation sites excluding steroid dienone is 2. The van der Waals surface area contributed by atoms with Crippen LogP contribution in [-0.4, -0.2) is 97.0 Å². The molecule has 0 amide bonds. The quantitative estimate of drug-likeness (QED) is 0.164. The highest BCUT2D eigenvalue weighted by Gasteiger charge is 2.73. The Labute approximate surface area is 270 Å². The largest absolute Gasteiger partial charge is 0.394 e. The van der Waals surface area contributed by atoms with E-state index in [9.17, 15) is 35.7 Å². The van der Waals surface area contributed by atoms with Gasteiger partial charge in [-0.1, -0.05) is 46.3 Å². The standard InChI is InChI=1S/C36H62O9/c1-19(2)10-9-13-36(8,43)20-11-15-34(6)26(20)21(38)16-24-33(5)14-12-25(39)32(3,4)30(33)22(17-35(24,34)7)44-31-29(42)28(41)27(40)23(18-37)45-31/h10,20-31,37-43H,9,11-18H2,1-8H3/t20?,21-,22+,23?,24?,25+,26?,27?,28?,29?,30?,31?,33-,34-,35-,36-/m1/s1. The van der Waals surface area contributed by atoms with E-state index in [4.69, 9.17) is 9.47 Å². The average molecular weight is 639 g/mol. The van der Waals surface area contributed by atoms with Crippen molar-refractivity contribution >= 4 is 0 Å². The van der Waals surface area contributed by atoms with Crippen LogP contribution in [0.3, 0.4) is 0 Å². The van der Waals surface area contributed by atoms with Crippen molar-refractivity contribution in [1.82, 2.24) is 0 Å². The number of rotatable bonds is 7. The van der Waals surface area contributed by atoms with Crippen molar-refractivity contribution in [2.45, 2.75) is 161 Å². The van der Waals surface area contributed by atoms with Crippen molar-refractivity contribution in [2.75, 3.05) is 6.61 Å². The minimum Gasteiger partial charge on any atom is -0.394 e. The molecule has 1 heterocycles. The Hall–Kier alpha value is -0.620. The third-order valence-electron chi connectivity index (χ3n) is 14.4. The van der Waals surface area contributed by atoms with Gasteiger partial charge in [0.1, 0.15) is 24.4 Å². The van der Waals surface area contributed by atoms with Crippen LogP contribution in [0.25, 0.3) is 0 Å². The zero-order chi connectivity index (χ0) is 33.5. The number of aliphatic hydroxyl groups excluding tert-OH is 6. The highest BCUT2D eigenvalue weighted by Crippen LogP contribution is 2.76. The van der Waals surface area contributed by atoms with Gasteiger partial charge in [-0.2, -0.15) is 0 Å². The maximum absolute atomic E-state index is 12.1. The number of fused-ring (bicyclic) bond motifs is 5. The molecule has 1 saturated heterocycles.